The van der Waals surface area contributed by atoms with Gasteiger partial charge >= 0.3 is 0 Å². The highest BCUT2D eigenvalue weighted by atomic mass is 16.7. The van der Waals surface area contributed by atoms with Crippen molar-refractivity contribution in [1.29, 1.82) is 0 Å². The molecule has 2 unspecified atom stereocenters. The predicted molar refractivity (Wildman–Crippen MR) is 106 cm³/mol. The van der Waals surface area contributed by atoms with E-state index in [1.54, 1.807) is 0 Å². The lowest BCUT2D eigenvalue weighted by Crippen LogP contribution is -2.46. The number of aryl methyl sites for hydroxylation is 1. The third kappa shape index (κ3) is 5.17. The predicted octanol–water partition coefficient (Wildman–Crippen LogP) is 6.49. The van der Waals surface area contributed by atoms with Gasteiger partial charge in [0.25, 0.3) is 0 Å². The Morgan fingerprint density at radius 1 is 0.800 bits per heavy atom. The van der Waals surface area contributed by atoms with Crippen LogP contribution in [0, 0.1) is 12.8 Å². The summed E-state index contributed by atoms with van der Waals surface area (Å²) in [7, 11) is 0. The Kier molecular flexibility index (Phi) is 6.42. The summed E-state index contributed by atoms with van der Waals surface area (Å²) >= 11 is 0. The van der Waals surface area contributed by atoms with Gasteiger partial charge in [-0.1, -0.05) is 74.0 Å². The molecule has 2 atom stereocenters. The first-order chi connectivity index (χ1) is 11.7. The Hall–Kier alpha value is -1.64. The third-order valence-electron chi connectivity index (χ3n) is 4.50. The van der Waals surface area contributed by atoms with E-state index in [0.29, 0.717) is 5.92 Å². The molecule has 0 N–H and O–H groups in total. The molecule has 136 valence electrons. The molecule has 0 aliphatic carbocycles. The van der Waals surface area contributed by atoms with Gasteiger partial charge in [-0.15, -0.1) is 0 Å². The highest BCUT2D eigenvalue weighted by molar-refractivity contribution is 5.23. The topological polar surface area (TPSA) is 12.5 Å². The van der Waals surface area contributed by atoms with Crippen LogP contribution in [-0.2, 0) is 4.84 Å². The summed E-state index contributed by atoms with van der Waals surface area (Å²) in [6.45, 7) is 15.4. The van der Waals surface area contributed by atoms with E-state index in [0.717, 1.165) is 0 Å². The molecule has 0 aliphatic rings. The summed E-state index contributed by atoms with van der Waals surface area (Å²) in [5.41, 5.74) is 3.66. The van der Waals surface area contributed by atoms with E-state index >= 15 is 0 Å². The van der Waals surface area contributed by atoms with Gasteiger partial charge < -0.3 is 0 Å². The number of rotatable bonds is 6. The lowest BCUT2D eigenvalue weighted by molar-refractivity contribution is -0.272. The van der Waals surface area contributed by atoms with Crippen molar-refractivity contribution in [3.63, 3.8) is 0 Å². The molecule has 0 saturated carbocycles. The second kappa shape index (κ2) is 8.16. The quantitative estimate of drug-likeness (QED) is 0.558. The van der Waals surface area contributed by atoms with Crippen molar-refractivity contribution in [3.8, 4) is 0 Å². The first-order valence-electron chi connectivity index (χ1n) is 9.27. The van der Waals surface area contributed by atoms with Gasteiger partial charge in [0.15, 0.2) is 0 Å². The van der Waals surface area contributed by atoms with Gasteiger partial charge in [-0.2, -0.15) is 5.06 Å². The van der Waals surface area contributed by atoms with Crippen molar-refractivity contribution >= 4 is 0 Å². The van der Waals surface area contributed by atoms with Crippen LogP contribution in [0.1, 0.15) is 70.4 Å². The van der Waals surface area contributed by atoms with E-state index in [4.69, 9.17) is 4.84 Å². The fraction of sp³-hybridized carbons (Fsp3) is 0.478. The smallest absolute Gasteiger partial charge is 0.102 e. The second-order valence-electron chi connectivity index (χ2n) is 8.25. The molecule has 0 saturated heterocycles. The number of hydrogen-bond donors (Lipinski definition) is 0. The zero-order valence-corrected chi connectivity index (χ0v) is 16.8. The molecule has 25 heavy (non-hydrogen) atoms. The molecule has 0 fully saturated rings. The van der Waals surface area contributed by atoms with Crippen molar-refractivity contribution in [1.82, 2.24) is 5.06 Å². The second-order valence-corrected chi connectivity index (χ2v) is 8.25. The van der Waals surface area contributed by atoms with Crippen LogP contribution in [0.4, 0.5) is 0 Å². The van der Waals surface area contributed by atoms with E-state index in [1.165, 1.54) is 16.7 Å². The van der Waals surface area contributed by atoms with Crippen LogP contribution >= 0.6 is 0 Å². The molecule has 0 aromatic heterocycles. The maximum absolute atomic E-state index is 6.55. The molecule has 0 aliphatic heterocycles. The minimum absolute atomic E-state index is 0.00443. The Morgan fingerprint density at radius 3 is 1.84 bits per heavy atom. The summed E-state index contributed by atoms with van der Waals surface area (Å²) in [5.74, 6) is 0.437. The van der Waals surface area contributed by atoms with Crippen LogP contribution in [0.3, 0.4) is 0 Å². The molecule has 2 aromatic rings. The Bertz CT molecular complexity index is 640. The number of nitrogens with zero attached hydrogens (tertiary/aromatic N) is 1. The summed E-state index contributed by atoms with van der Waals surface area (Å²) in [6.07, 6.45) is 0.00443. The Balaban J connectivity index is 2.33. The monoisotopic (exact) mass is 339 g/mol. The van der Waals surface area contributed by atoms with Gasteiger partial charge in [0.05, 0.1) is 6.04 Å². The SMILES string of the molecule is Cc1ccc(C(C)ON(C(c2ccccc2)C(C)C)C(C)(C)C)cc1. The van der Waals surface area contributed by atoms with E-state index in [9.17, 15) is 0 Å². The van der Waals surface area contributed by atoms with Crippen molar-refractivity contribution in [2.45, 2.75) is 66.2 Å². The summed E-state index contributed by atoms with van der Waals surface area (Å²) in [5, 5.41) is 2.19. The lowest BCUT2D eigenvalue weighted by atomic mass is 9.92. The van der Waals surface area contributed by atoms with Crippen molar-refractivity contribution < 1.29 is 4.84 Å². The molecular weight excluding hydrogens is 306 g/mol. The van der Waals surface area contributed by atoms with Crippen molar-refractivity contribution in [3.05, 3.63) is 71.3 Å². The largest absolute Gasteiger partial charge is 0.290 e. The minimum atomic E-state index is -0.107. The molecule has 0 heterocycles. The maximum Gasteiger partial charge on any atom is 0.102 e. The van der Waals surface area contributed by atoms with E-state index in [-0.39, 0.29) is 17.7 Å². The zero-order valence-electron chi connectivity index (χ0n) is 16.8. The van der Waals surface area contributed by atoms with Crippen LogP contribution in [0.15, 0.2) is 54.6 Å². The van der Waals surface area contributed by atoms with E-state index in [2.05, 4.69) is 108 Å². The fourth-order valence-electron chi connectivity index (χ4n) is 3.15. The summed E-state index contributed by atoms with van der Waals surface area (Å²) in [6, 6.07) is 19.5. The maximum atomic E-state index is 6.55. The highest BCUT2D eigenvalue weighted by Gasteiger charge is 2.34. The van der Waals surface area contributed by atoms with Gasteiger partial charge in [0.1, 0.15) is 6.10 Å². The first-order valence-corrected chi connectivity index (χ1v) is 9.27. The first kappa shape index (κ1) is 19.7. The molecule has 0 spiro atoms. The summed E-state index contributed by atoms with van der Waals surface area (Å²) < 4.78 is 0. The fourth-order valence-corrected chi connectivity index (χ4v) is 3.15. The average Bonchev–Trinajstić information content (AvgIpc) is 2.54. The van der Waals surface area contributed by atoms with E-state index < -0.39 is 0 Å². The molecule has 2 rings (SSSR count). The molecule has 2 heteroatoms. The van der Waals surface area contributed by atoms with Gasteiger partial charge in [-0.05, 0) is 51.7 Å². The number of hydrogen-bond acceptors (Lipinski definition) is 2. The standard InChI is InChI=1S/C23H33NO/c1-17(2)22(21-11-9-8-10-12-21)24(23(5,6)7)25-19(4)20-15-13-18(3)14-16-20/h8-17,19,22H,1-7H3. The van der Waals surface area contributed by atoms with Crippen molar-refractivity contribution in [2.24, 2.45) is 5.92 Å². The summed E-state index contributed by atoms with van der Waals surface area (Å²) in [4.78, 5) is 6.55. The number of hydroxylamine groups is 2. The molecule has 2 nitrogen and oxygen atoms in total. The average molecular weight is 340 g/mol. The molecule has 2 aromatic carbocycles. The Morgan fingerprint density at radius 2 is 1.36 bits per heavy atom. The molecule has 0 radical (unpaired) electrons. The number of benzene rings is 2. The van der Waals surface area contributed by atoms with Crippen molar-refractivity contribution in [2.75, 3.05) is 0 Å². The van der Waals surface area contributed by atoms with Gasteiger partial charge in [-0.3, -0.25) is 4.84 Å². The Labute approximate surface area is 153 Å². The lowest BCUT2D eigenvalue weighted by Gasteiger charge is -2.44. The van der Waals surface area contributed by atoms with E-state index in [1.807, 2.05) is 0 Å². The van der Waals surface area contributed by atoms with Crippen LogP contribution < -0.4 is 0 Å². The third-order valence-corrected chi connectivity index (χ3v) is 4.50. The highest BCUT2D eigenvalue weighted by Crippen LogP contribution is 2.36. The van der Waals surface area contributed by atoms with Gasteiger partial charge in [0, 0.05) is 5.54 Å². The zero-order chi connectivity index (χ0) is 18.6. The normalized spacial score (nSPS) is 14.8. The van der Waals surface area contributed by atoms with Crippen LogP contribution in [0.25, 0.3) is 0 Å². The van der Waals surface area contributed by atoms with Crippen LogP contribution in [0.2, 0.25) is 0 Å². The van der Waals surface area contributed by atoms with Gasteiger partial charge in [-0.25, -0.2) is 0 Å². The minimum Gasteiger partial charge on any atom is -0.290 e. The molecule has 0 amide bonds. The van der Waals surface area contributed by atoms with Gasteiger partial charge in [0.2, 0.25) is 0 Å². The van der Waals surface area contributed by atoms with Crippen LogP contribution in [0.5, 0.6) is 0 Å². The molecule has 0 bridgehead atoms. The molecular formula is C23H33NO. The van der Waals surface area contributed by atoms with Crippen LogP contribution in [-0.4, -0.2) is 10.6 Å².